The molecule has 1 heterocycles. The number of benzene rings is 1. The van der Waals surface area contributed by atoms with E-state index in [0.29, 0.717) is 12.5 Å². The zero-order valence-electron chi connectivity index (χ0n) is 12.0. The fourth-order valence-electron chi connectivity index (χ4n) is 3.79. The van der Waals surface area contributed by atoms with Gasteiger partial charge in [0, 0.05) is 12.6 Å². The minimum atomic E-state index is -3.86. The highest BCUT2D eigenvalue weighted by molar-refractivity contribution is 7.89. The van der Waals surface area contributed by atoms with Crippen LogP contribution in [0.1, 0.15) is 38.5 Å². The molecule has 1 saturated heterocycles. The molecule has 116 valence electrons. The minimum Gasteiger partial charge on any atom is -0.398 e. The number of anilines is 1. The summed E-state index contributed by atoms with van der Waals surface area (Å²) in [5.74, 6) is -0.344. The van der Waals surface area contributed by atoms with E-state index in [1.807, 2.05) is 0 Å². The molecule has 0 bridgehead atoms. The molecule has 2 unspecified atom stereocenters. The zero-order chi connectivity index (χ0) is 15.0. The van der Waals surface area contributed by atoms with Crippen LogP contribution in [-0.4, -0.2) is 25.3 Å². The maximum absolute atomic E-state index is 14.0. The average molecular weight is 312 g/mol. The summed E-state index contributed by atoms with van der Waals surface area (Å²) in [6.45, 7) is 0.470. The molecule has 2 N–H and O–H groups in total. The predicted octanol–water partition coefficient (Wildman–Crippen LogP) is 2.75. The van der Waals surface area contributed by atoms with Crippen LogP contribution < -0.4 is 5.73 Å². The highest BCUT2D eigenvalue weighted by atomic mass is 32.2. The Hall–Kier alpha value is -1.14. The third-order valence-corrected chi connectivity index (χ3v) is 6.77. The average Bonchev–Trinajstić information content (AvgIpc) is 2.46. The highest BCUT2D eigenvalue weighted by Gasteiger charge is 2.41. The van der Waals surface area contributed by atoms with Crippen LogP contribution in [0.15, 0.2) is 23.1 Å². The topological polar surface area (TPSA) is 63.4 Å². The third-order valence-electron chi connectivity index (χ3n) is 4.76. The van der Waals surface area contributed by atoms with Crippen molar-refractivity contribution in [3.05, 3.63) is 24.0 Å². The Labute approximate surface area is 125 Å². The number of fused-ring (bicyclic) bond motifs is 1. The molecule has 1 aromatic carbocycles. The molecule has 2 aliphatic rings. The van der Waals surface area contributed by atoms with E-state index in [1.54, 1.807) is 0 Å². The van der Waals surface area contributed by atoms with Crippen molar-refractivity contribution in [3.8, 4) is 0 Å². The van der Waals surface area contributed by atoms with Gasteiger partial charge in [0.15, 0.2) is 0 Å². The van der Waals surface area contributed by atoms with Gasteiger partial charge in [-0.2, -0.15) is 4.31 Å². The van der Waals surface area contributed by atoms with E-state index in [2.05, 4.69) is 0 Å². The Kier molecular flexibility index (Phi) is 3.92. The molecule has 1 aromatic rings. The van der Waals surface area contributed by atoms with Gasteiger partial charge in [-0.15, -0.1) is 0 Å². The Balaban J connectivity index is 2.01. The molecule has 0 spiro atoms. The second kappa shape index (κ2) is 5.57. The van der Waals surface area contributed by atoms with Crippen LogP contribution in [-0.2, 0) is 10.0 Å². The van der Waals surface area contributed by atoms with Crippen molar-refractivity contribution in [2.45, 2.75) is 49.5 Å². The smallest absolute Gasteiger partial charge is 0.248 e. The summed E-state index contributed by atoms with van der Waals surface area (Å²) >= 11 is 0. The molecule has 21 heavy (non-hydrogen) atoms. The normalized spacial score (nSPS) is 27.3. The number of nitrogen functional groups attached to an aromatic ring is 1. The van der Waals surface area contributed by atoms with Crippen molar-refractivity contribution < 1.29 is 12.8 Å². The van der Waals surface area contributed by atoms with Gasteiger partial charge in [0.1, 0.15) is 10.7 Å². The molecule has 1 saturated carbocycles. The number of nitrogens with zero attached hydrogens (tertiary/aromatic N) is 1. The summed E-state index contributed by atoms with van der Waals surface area (Å²) < 4.78 is 41.3. The van der Waals surface area contributed by atoms with Crippen LogP contribution in [0.4, 0.5) is 10.1 Å². The molecule has 3 rings (SSSR count). The van der Waals surface area contributed by atoms with E-state index in [-0.39, 0.29) is 16.6 Å². The van der Waals surface area contributed by atoms with Gasteiger partial charge in [-0.1, -0.05) is 18.9 Å². The van der Waals surface area contributed by atoms with E-state index in [4.69, 9.17) is 5.73 Å². The number of nitrogens with two attached hydrogens (primary N) is 1. The Morgan fingerprint density at radius 1 is 1.14 bits per heavy atom. The lowest BCUT2D eigenvalue weighted by Gasteiger charge is -2.43. The molecular weight excluding hydrogens is 291 g/mol. The second-order valence-electron chi connectivity index (χ2n) is 6.03. The van der Waals surface area contributed by atoms with Crippen LogP contribution in [0.3, 0.4) is 0 Å². The lowest BCUT2D eigenvalue weighted by molar-refractivity contribution is 0.129. The summed E-state index contributed by atoms with van der Waals surface area (Å²) in [4.78, 5) is -0.351. The molecule has 0 radical (unpaired) electrons. The van der Waals surface area contributed by atoms with Gasteiger partial charge in [0.05, 0.1) is 5.69 Å². The molecule has 2 atom stereocenters. The van der Waals surface area contributed by atoms with Gasteiger partial charge in [0.25, 0.3) is 0 Å². The van der Waals surface area contributed by atoms with Crippen LogP contribution >= 0.6 is 0 Å². The van der Waals surface area contributed by atoms with Gasteiger partial charge in [-0.05, 0) is 43.7 Å². The van der Waals surface area contributed by atoms with Crippen LogP contribution in [0.5, 0.6) is 0 Å². The van der Waals surface area contributed by atoms with Gasteiger partial charge in [0.2, 0.25) is 10.0 Å². The van der Waals surface area contributed by atoms with Crippen molar-refractivity contribution >= 4 is 15.7 Å². The van der Waals surface area contributed by atoms with Crippen molar-refractivity contribution in [3.63, 3.8) is 0 Å². The largest absolute Gasteiger partial charge is 0.398 e. The first-order valence-corrected chi connectivity index (χ1v) is 9.01. The van der Waals surface area contributed by atoms with E-state index < -0.39 is 15.8 Å². The van der Waals surface area contributed by atoms with Crippen molar-refractivity contribution in [2.24, 2.45) is 5.92 Å². The fourth-order valence-corrected chi connectivity index (χ4v) is 5.71. The highest BCUT2D eigenvalue weighted by Crippen LogP contribution is 2.39. The molecule has 1 aliphatic carbocycles. The number of hydrogen-bond acceptors (Lipinski definition) is 3. The first-order chi connectivity index (χ1) is 10.0. The maximum atomic E-state index is 14.0. The van der Waals surface area contributed by atoms with E-state index in [1.165, 1.54) is 16.4 Å². The van der Waals surface area contributed by atoms with Gasteiger partial charge in [-0.25, -0.2) is 12.8 Å². The Morgan fingerprint density at radius 2 is 1.86 bits per heavy atom. The number of halogens is 1. The number of piperidine rings is 1. The first-order valence-electron chi connectivity index (χ1n) is 7.57. The molecule has 2 fully saturated rings. The summed E-state index contributed by atoms with van der Waals surface area (Å²) in [6.07, 6.45) is 6.07. The summed E-state index contributed by atoms with van der Waals surface area (Å²) in [7, 11) is -3.86. The molecule has 6 heteroatoms. The predicted molar refractivity (Wildman–Crippen MR) is 79.7 cm³/mol. The van der Waals surface area contributed by atoms with Crippen LogP contribution in [0.2, 0.25) is 0 Å². The number of rotatable bonds is 2. The lowest BCUT2D eigenvalue weighted by Crippen LogP contribution is -2.49. The zero-order valence-corrected chi connectivity index (χ0v) is 12.8. The van der Waals surface area contributed by atoms with E-state index in [0.717, 1.165) is 44.6 Å². The fraction of sp³-hybridized carbons (Fsp3) is 0.600. The molecule has 0 amide bonds. The third kappa shape index (κ3) is 2.55. The van der Waals surface area contributed by atoms with Crippen LogP contribution in [0, 0.1) is 11.7 Å². The SMILES string of the molecule is Nc1cccc(F)c1S(=O)(=O)N1CCCC2CCCCC21. The summed E-state index contributed by atoms with van der Waals surface area (Å²) in [5.41, 5.74) is 5.73. The van der Waals surface area contributed by atoms with Gasteiger partial charge >= 0.3 is 0 Å². The maximum Gasteiger partial charge on any atom is 0.248 e. The first kappa shape index (κ1) is 14.8. The van der Waals surface area contributed by atoms with Gasteiger partial charge in [-0.3, -0.25) is 0 Å². The number of sulfonamides is 1. The molecule has 4 nitrogen and oxygen atoms in total. The van der Waals surface area contributed by atoms with E-state index >= 15 is 0 Å². The Bertz CT molecular complexity index is 610. The standard InChI is InChI=1S/C15H21FN2O2S/c16-12-7-3-8-13(17)15(12)21(19,20)18-10-4-6-11-5-1-2-9-14(11)18/h3,7-8,11,14H,1-2,4-6,9-10,17H2. The summed E-state index contributed by atoms with van der Waals surface area (Å²) in [6, 6.07) is 4.05. The van der Waals surface area contributed by atoms with Crippen molar-refractivity contribution in [1.29, 1.82) is 0 Å². The second-order valence-corrected chi connectivity index (χ2v) is 7.86. The van der Waals surface area contributed by atoms with E-state index in [9.17, 15) is 12.8 Å². The lowest BCUT2D eigenvalue weighted by atomic mass is 9.79. The monoisotopic (exact) mass is 312 g/mol. The van der Waals surface area contributed by atoms with Crippen molar-refractivity contribution in [1.82, 2.24) is 4.31 Å². The number of hydrogen-bond donors (Lipinski definition) is 1. The van der Waals surface area contributed by atoms with Gasteiger partial charge < -0.3 is 5.73 Å². The van der Waals surface area contributed by atoms with Crippen molar-refractivity contribution in [2.75, 3.05) is 12.3 Å². The quantitative estimate of drug-likeness (QED) is 0.854. The molecule has 1 aliphatic heterocycles. The van der Waals surface area contributed by atoms with Crippen LogP contribution in [0.25, 0.3) is 0 Å². The molecule has 0 aromatic heterocycles. The minimum absolute atomic E-state index is 0.00654. The summed E-state index contributed by atoms with van der Waals surface area (Å²) in [5, 5.41) is 0. The molecular formula is C15H21FN2O2S. The Morgan fingerprint density at radius 3 is 2.62 bits per heavy atom.